The van der Waals surface area contributed by atoms with Gasteiger partial charge in [-0.15, -0.1) is 0 Å². The van der Waals surface area contributed by atoms with E-state index in [9.17, 15) is 101 Å². The third kappa shape index (κ3) is 34.0. The quantitative estimate of drug-likeness (QED) is 0.0183. The van der Waals surface area contributed by atoms with Crippen molar-refractivity contribution in [2.24, 2.45) is 0 Å². The van der Waals surface area contributed by atoms with Gasteiger partial charge >= 0.3 is 0 Å². The summed E-state index contributed by atoms with van der Waals surface area (Å²) in [6, 6.07) is 14.8. The number of aliphatic hydroxyl groups excluding tert-OH is 12. The number of aliphatic hydroxyl groups is 12. The van der Waals surface area contributed by atoms with E-state index in [1.807, 2.05) is 0 Å². The Kier molecular flexibility index (Phi) is 48.0. The Bertz CT molecular complexity index is 3760. The number of phenols is 4. The Morgan fingerprint density at radius 3 is 0.864 bits per heavy atom. The lowest BCUT2D eigenvalue weighted by atomic mass is 9.97. The van der Waals surface area contributed by atoms with Crippen molar-refractivity contribution in [3.8, 4) is 34.5 Å². The maximum absolute atomic E-state index is 13.3. The molecule has 4 heterocycles. The third-order valence-electron chi connectivity index (χ3n) is 23.4. The van der Waals surface area contributed by atoms with Gasteiger partial charge < -0.3 is 141 Å². The van der Waals surface area contributed by atoms with Crippen molar-refractivity contribution >= 4 is 23.6 Å². The highest BCUT2D eigenvalue weighted by Gasteiger charge is 2.52. The van der Waals surface area contributed by atoms with Gasteiger partial charge in [0.25, 0.3) is 23.6 Å². The van der Waals surface area contributed by atoms with E-state index in [4.69, 9.17) is 37.9 Å². The lowest BCUT2D eigenvalue weighted by Gasteiger charge is -2.45. The molecule has 125 heavy (non-hydrogen) atoms. The predicted octanol–water partition coefficient (Wildman–Crippen LogP) is 8.93. The lowest BCUT2D eigenvalue weighted by molar-refractivity contribution is -0.372. The molecule has 8 rings (SSSR count). The molecular weight excluding hydrogens is 1620 g/mol. The molecule has 4 aliphatic heterocycles. The summed E-state index contributed by atoms with van der Waals surface area (Å²) in [7, 11) is 0. The van der Waals surface area contributed by atoms with Gasteiger partial charge in [-0.05, 0) is 99.2 Å². The molecule has 708 valence electrons. The molecule has 20 N–H and O–H groups in total. The van der Waals surface area contributed by atoms with Gasteiger partial charge in [-0.25, -0.2) is 0 Å². The lowest BCUT2D eigenvalue weighted by Crippen LogP contribution is -2.64. The zero-order valence-corrected chi connectivity index (χ0v) is 73.2. The second-order valence-electron chi connectivity index (χ2n) is 33.8. The highest BCUT2D eigenvalue weighted by atomic mass is 16.8. The molecule has 4 saturated heterocycles. The highest BCUT2D eigenvalue weighted by Crippen LogP contribution is 2.35. The molecule has 32 nitrogen and oxygen atoms in total. The van der Waals surface area contributed by atoms with Crippen LogP contribution in [0.5, 0.6) is 34.5 Å². The molecular formula is C93H148N4O28. The van der Waals surface area contributed by atoms with Crippen LogP contribution in [0.4, 0.5) is 0 Å². The first-order valence-electron chi connectivity index (χ1n) is 45.2. The van der Waals surface area contributed by atoms with Crippen LogP contribution in [0.3, 0.4) is 0 Å². The van der Waals surface area contributed by atoms with Gasteiger partial charge in [-0.1, -0.05) is 226 Å². The third-order valence-corrected chi connectivity index (χ3v) is 23.4. The molecule has 0 unspecified atom stereocenters. The number of aromatic hydroxyl groups is 4. The molecule has 0 aliphatic carbocycles. The van der Waals surface area contributed by atoms with Crippen LogP contribution in [0.15, 0.2) is 60.7 Å². The number of carbonyl (C=O) groups is 4. The van der Waals surface area contributed by atoms with E-state index in [1.165, 1.54) is 203 Å². The molecule has 32 heteroatoms. The highest BCUT2D eigenvalue weighted by molar-refractivity contribution is 5.99. The zero-order valence-electron chi connectivity index (χ0n) is 73.2. The average Bonchev–Trinajstić information content (AvgIpc) is 0.790. The van der Waals surface area contributed by atoms with Gasteiger partial charge in [0, 0.05) is 38.3 Å². The molecule has 0 saturated carbocycles. The summed E-state index contributed by atoms with van der Waals surface area (Å²) in [5.41, 5.74) is 2.19. The van der Waals surface area contributed by atoms with E-state index in [0.29, 0.717) is 35.8 Å². The minimum atomic E-state index is -1.89. The van der Waals surface area contributed by atoms with Gasteiger partial charge in [0.15, 0.2) is 25.2 Å². The Balaban J connectivity index is 0.000000383. The van der Waals surface area contributed by atoms with Crippen molar-refractivity contribution in [1.29, 1.82) is 0 Å². The zero-order chi connectivity index (χ0) is 90.4. The van der Waals surface area contributed by atoms with E-state index in [2.05, 4.69) is 35.1 Å². The second-order valence-corrected chi connectivity index (χ2v) is 33.8. The molecule has 0 aromatic heterocycles. The van der Waals surface area contributed by atoms with Gasteiger partial charge in [-0.3, -0.25) is 19.2 Å². The van der Waals surface area contributed by atoms with Crippen LogP contribution in [0.2, 0.25) is 0 Å². The first-order valence-corrected chi connectivity index (χ1v) is 45.2. The topological polar surface area (TPSA) is 514 Å². The summed E-state index contributed by atoms with van der Waals surface area (Å²) in [5.74, 6) is -3.23. The van der Waals surface area contributed by atoms with E-state index in [1.54, 1.807) is 52.0 Å². The predicted molar refractivity (Wildman–Crippen MR) is 466 cm³/mol. The minimum absolute atomic E-state index is 0. The Morgan fingerprint density at radius 1 is 0.296 bits per heavy atom. The number of benzene rings is 4. The fourth-order valence-corrected chi connectivity index (χ4v) is 15.9. The van der Waals surface area contributed by atoms with Crippen LogP contribution < -0.4 is 30.7 Å². The standard InChI is InChI=1S/C47H74N2O14.C45H70N2O14.CH4/c1-5-6-7-8-9-10-11-12-13-14-15-16-17-18-19-20-21-60-31-24-30(4)37(33(51)25-31)45(59)49-27-35-39(53)41(55)43(57)47(62-35)63-46-42(56)40(54)38(52)34(61-46)26-48-44(58)36-29(3)22-28(2)23-32(36)50;1-3-4-5-6-7-8-9-10-11-12-13-14-15-16-17-18-23-58-29-20-22-31(33(49)25-29)43(57)47-27-35-37(51)39(53)41(55)45(60-35)61-44-40(54)38(52)36(50)34(59-44)26-46-42(56)30-21-19-28(2)24-32(30)48;/h22-25,34-35,38-43,46-47,50-57H,5-21,26-27H2,1-4H3,(H,48,58)(H,49,59);19-22,24-25,34-41,44-45,48-55H,3-18,23,26-27H2,1-2H3,(H,46,56)(H,47,57);1H4/t34-,35-,38-,39-,40+,41+,42-,43-,46-,47-;34-,35-,36-,37-,38+,39+,40-,41-,44-,45-;/m11./s1. The number of unbranched alkanes of at least 4 members (excludes halogenated alkanes) is 30. The number of phenolic OH excluding ortho intramolecular Hbond substituents is 4. The minimum Gasteiger partial charge on any atom is -0.507 e. The summed E-state index contributed by atoms with van der Waals surface area (Å²) < 4.78 is 45.5. The molecule has 20 atom stereocenters. The van der Waals surface area contributed by atoms with Crippen LogP contribution >= 0.6 is 0 Å². The van der Waals surface area contributed by atoms with Crippen molar-refractivity contribution in [3.63, 3.8) is 0 Å². The molecule has 0 spiro atoms. The summed E-state index contributed by atoms with van der Waals surface area (Å²) >= 11 is 0. The van der Waals surface area contributed by atoms with Gasteiger partial charge in [0.2, 0.25) is 0 Å². The van der Waals surface area contributed by atoms with Crippen molar-refractivity contribution < 1.29 is 139 Å². The van der Waals surface area contributed by atoms with E-state index in [-0.39, 0.29) is 52.7 Å². The van der Waals surface area contributed by atoms with Crippen molar-refractivity contribution in [2.75, 3.05) is 39.4 Å². The van der Waals surface area contributed by atoms with Crippen LogP contribution in [-0.2, 0) is 28.4 Å². The van der Waals surface area contributed by atoms with Gasteiger partial charge in [0.05, 0.1) is 35.5 Å². The average molecular weight is 1770 g/mol. The second kappa shape index (κ2) is 56.3. The number of rotatable bonds is 52. The smallest absolute Gasteiger partial charge is 0.255 e. The number of aryl methyl sites for hydroxylation is 4. The number of amides is 4. The summed E-state index contributed by atoms with van der Waals surface area (Å²) in [6.07, 6.45) is 6.29. The molecule has 4 aromatic carbocycles. The van der Waals surface area contributed by atoms with Gasteiger partial charge in [0.1, 0.15) is 132 Å². The SMILES string of the molecule is C.CCCCCCCCCCCCCCCCCCOc1cc(C)c(C(=O)NC[C@H]2O[C@H](O[C@H]3O[C@H](CNC(=O)c4c(C)cc(C)cc4O)[C@@H](O)[C@H](O)[C@H]3O)[C@H](O)[C@@H](O)[C@@H]2O)c(O)c1.CCCCCCCCCCCCCCCCCCOc1ccc(C(=O)NC[C@H]2O[C@H](O[C@H]3O[C@H](CNC(=O)c4ccc(C)cc4O)[C@@H](O)[C@H](O)[C@H]3O)[C@H](O)[C@@H](O)[C@@H]2O)c(O)c1. The van der Waals surface area contributed by atoms with Crippen molar-refractivity contribution in [2.45, 2.75) is 377 Å². The van der Waals surface area contributed by atoms with Crippen LogP contribution in [0.25, 0.3) is 0 Å². The number of carbonyl (C=O) groups excluding carboxylic acids is 4. The number of ether oxygens (including phenoxy) is 8. The summed E-state index contributed by atoms with van der Waals surface area (Å²) in [6.45, 7) is 10.6. The number of hydrogen-bond acceptors (Lipinski definition) is 28. The monoisotopic (exact) mass is 1770 g/mol. The number of nitrogens with one attached hydrogen (secondary N) is 4. The molecule has 4 aliphatic rings. The van der Waals surface area contributed by atoms with Crippen LogP contribution in [-0.4, -0.2) is 268 Å². The van der Waals surface area contributed by atoms with E-state index >= 15 is 0 Å². The van der Waals surface area contributed by atoms with Crippen molar-refractivity contribution in [1.82, 2.24) is 21.3 Å². The van der Waals surface area contributed by atoms with E-state index in [0.717, 1.165) is 49.7 Å². The molecule has 4 fully saturated rings. The molecule has 4 amide bonds. The van der Waals surface area contributed by atoms with E-state index < -0.39 is 173 Å². The molecule has 0 bridgehead atoms. The maximum Gasteiger partial charge on any atom is 0.255 e. The first kappa shape index (κ1) is 107. The van der Waals surface area contributed by atoms with Gasteiger partial charge in [-0.2, -0.15) is 0 Å². The molecule has 0 radical (unpaired) electrons. The fraction of sp³-hybridized carbons (Fsp3) is 0.699. The maximum atomic E-state index is 13.3. The largest absolute Gasteiger partial charge is 0.507 e. The van der Waals surface area contributed by atoms with Crippen LogP contribution in [0, 0.1) is 27.7 Å². The first-order chi connectivity index (χ1) is 59.5. The Morgan fingerprint density at radius 2 is 0.560 bits per heavy atom. The fourth-order valence-electron chi connectivity index (χ4n) is 15.9. The summed E-state index contributed by atoms with van der Waals surface area (Å²) in [4.78, 5) is 51.9. The summed E-state index contributed by atoms with van der Waals surface area (Å²) in [5, 5.41) is 180. The Hall–Kier alpha value is -7.16. The Labute approximate surface area is 736 Å². The van der Waals surface area contributed by atoms with Crippen LogP contribution in [0.1, 0.15) is 290 Å². The number of hydrogen-bond donors (Lipinski definition) is 20. The van der Waals surface area contributed by atoms with Crippen molar-refractivity contribution in [3.05, 3.63) is 105 Å². The molecule has 4 aromatic rings. The normalized spacial score (nSPS) is 26.1.